The Bertz CT molecular complexity index is 179. The van der Waals surface area contributed by atoms with Crippen LogP contribution in [-0.2, 0) is 0 Å². The van der Waals surface area contributed by atoms with E-state index in [1.807, 2.05) is 0 Å². The van der Waals surface area contributed by atoms with Crippen LogP contribution in [0.2, 0.25) is 0 Å². The highest BCUT2D eigenvalue weighted by molar-refractivity contribution is 4.77. The number of nitrogens with zero attached hydrogens (tertiary/aromatic N) is 1. The molecule has 0 aliphatic carbocycles. The van der Waals surface area contributed by atoms with E-state index in [1.165, 1.54) is 49.7 Å². The number of aliphatic hydroxyl groups excluding tert-OH is 1. The number of piperidine rings is 2. The summed E-state index contributed by atoms with van der Waals surface area (Å²) in [6.45, 7) is 3.11. The highest BCUT2D eigenvalue weighted by Gasteiger charge is 2.42. The minimum atomic E-state index is 0.415. The van der Waals surface area contributed by atoms with Gasteiger partial charge in [0.1, 0.15) is 0 Å². The Kier molecular flexibility index (Phi) is 2.61. The van der Waals surface area contributed by atoms with Crippen LogP contribution in [0.3, 0.4) is 0 Å². The Balaban J connectivity index is 2.11. The molecule has 0 amide bonds. The molecule has 0 saturated carbocycles. The second-order valence-electron chi connectivity index (χ2n) is 5.07. The molecule has 0 aromatic carbocycles. The Labute approximate surface area is 81.1 Å². The Morgan fingerprint density at radius 2 is 1.92 bits per heavy atom. The number of rotatable bonds is 1. The lowest BCUT2D eigenvalue weighted by Gasteiger charge is -2.50. The van der Waals surface area contributed by atoms with Gasteiger partial charge in [-0.3, -0.25) is 0 Å². The largest absolute Gasteiger partial charge is 0.396 e. The maximum Gasteiger partial charge on any atom is 0.0939 e. The van der Waals surface area contributed by atoms with Crippen molar-refractivity contribution in [3.8, 4) is 0 Å². The molecule has 2 heteroatoms. The maximum absolute atomic E-state index is 9.33. The van der Waals surface area contributed by atoms with Crippen LogP contribution in [-0.4, -0.2) is 42.4 Å². The van der Waals surface area contributed by atoms with E-state index in [4.69, 9.17) is 0 Å². The maximum atomic E-state index is 9.33. The van der Waals surface area contributed by atoms with E-state index in [-0.39, 0.29) is 0 Å². The molecule has 0 radical (unpaired) electrons. The first-order valence-corrected chi connectivity index (χ1v) is 5.71. The van der Waals surface area contributed by atoms with Gasteiger partial charge in [0.05, 0.1) is 32.8 Å². The molecule has 2 aliphatic heterocycles. The number of hydrogen-bond donors (Lipinski definition) is 1. The third-order valence-electron chi connectivity index (χ3n) is 4.24. The molecule has 2 heterocycles. The van der Waals surface area contributed by atoms with Crippen LogP contribution in [0.25, 0.3) is 0 Å². The molecule has 1 unspecified atom stereocenters. The summed E-state index contributed by atoms with van der Waals surface area (Å²) >= 11 is 0. The summed E-state index contributed by atoms with van der Waals surface area (Å²) < 4.78 is 1.26. The highest BCUT2D eigenvalue weighted by atomic mass is 16.3. The zero-order valence-corrected chi connectivity index (χ0v) is 8.71. The summed E-state index contributed by atoms with van der Waals surface area (Å²) in [5, 5.41) is 9.33. The molecule has 2 rings (SSSR count). The average molecular weight is 184 g/mol. The third kappa shape index (κ3) is 1.62. The van der Waals surface area contributed by atoms with Gasteiger partial charge in [0.2, 0.25) is 0 Å². The first-order valence-electron chi connectivity index (χ1n) is 5.71. The van der Waals surface area contributed by atoms with Gasteiger partial charge in [-0.1, -0.05) is 0 Å². The average Bonchev–Trinajstić information content (AvgIpc) is 2.15. The predicted molar refractivity (Wildman–Crippen MR) is 53.4 cm³/mol. The lowest BCUT2D eigenvalue weighted by atomic mass is 9.82. The van der Waals surface area contributed by atoms with Crippen LogP contribution in [0, 0.1) is 5.92 Å². The van der Waals surface area contributed by atoms with Crippen LogP contribution in [0.5, 0.6) is 0 Å². The summed E-state index contributed by atoms with van der Waals surface area (Å²) in [6.07, 6.45) is 6.70. The molecule has 0 bridgehead atoms. The monoisotopic (exact) mass is 184 g/mol. The predicted octanol–water partition coefficient (Wildman–Crippen LogP) is 1.39. The Morgan fingerprint density at radius 1 is 1.15 bits per heavy atom. The fourth-order valence-corrected chi connectivity index (χ4v) is 3.45. The summed E-state index contributed by atoms with van der Waals surface area (Å²) in [5.41, 5.74) is 0. The number of hydrogen-bond acceptors (Lipinski definition) is 1. The Morgan fingerprint density at radius 3 is 2.69 bits per heavy atom. The quantitative estimate of drug-likeness (QED) is 0.611. The van der Waals surface area contributed by atoms with Gasteiger partial charge in [0.25, 0.3) is 0 Å². The van der Waals surface area contributed by atoms with Gasteiger partial charge in [0.15, 0.2) is 0 Å². The van der Waals surface area contributed by atoms with E-state index < -0.39 is 0 Å². The van der Waals surface area contributed by atoms with Gasteiger partial charge in [0, 0.05) is 12.3 Å². The van der Waals surface area contributed by atoms with Crippen LogP contribution in [0.15, 0.2) is 0 Å². The van der Waals surface area contributed by atoms with Crippen LogP contribution >= 0.6 is 0 Å². The van der Waals surface area contributed by atoms with E-state index in [2.05, 4.69) is 7.05 Å². The van der Waals surface area contributed by atoms with Crippen molar-refractivity contribution in [2.24, 2.45) is 5.92 Å². The third-order valence-corrected chi connectivity index (χ3v) is 4.24. The van der Waals surface area contributed by atoms with Crippen LogP contribution in [0.4, 0.5) is 0 Å². The lowest BCUT2D eigenvalue weighted by Crippen LogP contribution is -2.61. The second kappa shape index (κ2) is 3.58. The number of fused-ring (bicyclic) bond motifs is 1. The molecular weight excluding hydrogens is 162 g/mol. The van der Waals surface area contributed by atoms with Crippen molar-refractivity contribution < 1.29 is 9.59 Å². The summed E-state index contributed by atoms with van der Waals surface area (Å²) in [7, 11) is 2.39. The summed E-state index contributed by atoms with van der Waals surface area (Å²) in [4.78, 5) is 0. The van der Waals surface area contributed by atoms with Crippen molar-refractivity contribution >= 4 is 0 Å². The van der Waals surface area contributed by atoms with Crippen molar-refractivity contribution in [3.05, 3.63) is 0 Å². The fourth-order valence-electron chi connectivity index (χ4n) is 3.45. The molecule has 2 saturated heterocycles. The van der Waals surface area contributed by atoms with E-state index in [0.29, 0.717) is 12.5 Å². The van der Waals surface area contributed by atoms with Gasteiger partial charge in [-0.15, -0.1) is 0 Å². The Hall–Kier alpha value is -0.0800. The molecule has 0 spiro atoms. The topological polar surface area (TPSA) is 20.2 Å². The van der Waals surface area contributed by atoms with Gasteiger partial charge in [-0.2, -0.15) is 0 Å². The molecule has 0 aromatic heterocycles. The van der Waals surface area contributed by atoms with Crippen molar-refractivity contribution in [3.63, 3.8) is 0 Å². The molecule has 2 fully saturated rings. The molecule has 76 valence electrons. The zero-order chi connectivity index (χ0) is 9.31. The number of aliphatic hydroxyl groups is 1. The van der Waals surface area contributed by atoms with Crippen molar-refractivity contribution in [2.45, 2.75) is 38.1 Å². The second-order valence-corrected chi connectivity index (χ2v) is 5.07. The molecule has 0 aromatic rings. The molecule has 13 heavy (non-hydrogen) atoms. The first-order chi connectivity index (χ1) is 6.26. The van der Waals surface area contributed by atoms with Crippen molar-refractivity contribution in [1.29, 1.82) is 0 Å². The smallest absolute Gasteiger partial charge is 0.0939 e. The van der Waals surface area contributed by atoms with Gasteiger partial charge >= 0.3 is 0 Å². The lowest BCUT2D eigenvalue weighted by molar-refractivity contribution is -0.947. The number of quaternary nitrogens is 1. The highest BCUT2D eigenvalue weighted by Crippen LogP contribution is 2.35. The van der Waals surface area contributed by atoms with E-state index >= 15 is 0 Å². The van der Waals surface area contributed by atoms with Crippen LogP contribution in [0.1, 0.15) is 32.1 Å². The van der Waals surface area contributed by atoms with Gasteiger partial charge in [-0.25, -0.2) is 0 Å². The summed E-state index contributed by atoms with van der Waals surface area (Å²) in [5.74, 6) is 0.596. The molecule has 3 atom stereocenters. The molecule has 1 N–H and O–H groups in total. The minimum Gasteiger partial charge on any atom is -0.396 e. The van der Waals surface area contributed by atoms with Gasteiger partial charge < -0.3 is 9.59 Å². The zero-order valence-electron chi connectivity index (χ0n) is 8.71. The van der Waals surface area contributed by atoms with Crippen molar-refractivity contribution in [1.82, 2.24) is 0 Å². The van der Waals surface area contributed by atoms with Crippen molar-refractivity contribution in [2.75, 3.05) is 26.7 Å². The molecule has 2 aliphatic rings. The fraction of sp³-hybridized carbons (Fsp3) is 1.00. The van der Waals surface area contributed by atoms with E-state index in [0.717, 1.165) is 6.04 Å². The standard InChI is InChI=1S/C11H22NO/c1-12-7-3-2-6-11(12)10(9-13)5-4-8-12/h10-11,13H,2-9H2,1H3/q+1/t10-,11+,12?/m0/s1. The van der Waals surface area contributed by atoms with Crippen LogP contribution < -0.4 is 0 Å². The first kappa shape index (κ1) is 9.47. The van der Waals surface area contributed by atoms with E-state index in [9.17, 15) is 5.11 Å². The minimum absolute atomic E-state index is 0.415. The van der Waals surface area contributed by atoms with Gasteiger partial charge in [-0.05, 0) is 25.7 Å². The molecule has 2 nitrogen and oxygen atoms in total. The SMILES string of the molecule is C[N+]12CCCC[C@@H]1[C@H](CO)CCC2. The molecular formula is C11H22NO+. The summed E-state index contributed by atoms with van der Waals surface area (Å²) in [6, 6.07) is 0.771. The van der Waals surface area contributed by atoms with E-state index in [1.54, 1.807) is 0 Å². The normalized spacial score (nSPS) is 45.7.